The van der Waals surface area contributed by atoms with Gasteiger partial charge in [0.2, 0.25) is 5.91 Å². The zero-order valence-corrected chi connectivity index (χ0v) is 17.0. The number of halogens is 5. The Balaban J connectivity index is 2.04. The number of hydrogen-bond donors (Lipinski definition) is 5. The molecule has 0 bridgehead atoms. The van der Waals surface area contributed by atoms with E-state index in [0.717, 1.165) is 30.3 Å². The molecular formula is C21H22F5N5O. The number of carbonyl (C=O) groups excluding carboxylic acids is 1. The van der Waals surface area contributed by atoms with Crippen LogP contribution in [0, 0.1) is 17.0 Å². The van der Waals surface area contributed by atoms with Crippen molar-refractivity contribution >= 4 is 23.0 Å². The van der Waals surface area contributed by atoms with Crippen LogP contribution in [0.25, 0.3) is 0 Å². The predicted octanol–water partition coefficient (Wildman–Crippen LogP) is 3.92. The lowest BCUT2D eigenvalue weighted by atomic mass is 10.1. The molecule has 2 aromatic carbocycles. The maximum atomic E-state index is 14.3. The van der Waals surface area contributed by atoms with E-state index < -0.39 is 36.2 Å². The Bertz CT molecular complexity index is 989. The Morgan fingerprint density at radius 1 is 1.12 bits per heavy atom. The first kappa shape index (κ1) is 24.6. The summed E-state index contributed by atoms with van der Waals surface area (Å²) in [4.78, 5) is 12.1. The van der Waals surface area contributed by atoms with E-state index in [2.05, 4.69) is 16.0 Å². The Hall–Kier alpha value is -3.63. The van der Waals surface area contributed by atoms with Gasteiger partial charge in [-0.05, 0) is 48.0 Å². The molecule has 6 N–H and O–H groups in total. The van der Waals surface area contributed by atoms with Crippen LogP contribution in [-0.4, -0.2) is 30.9 Å². The van der Waals surface area contributed by atoms with Crippen LogP contribution in [0.1, 0.15) is 12.0 Å². The van der Waals surface area contributed by atoms with E-state index in [1.807, 2.05) is 0 Å². The molecule has 0 aliphatic rings. The molecule has 0 saturated heterocycles. The van der Waals surface area contributed by atoms with Gasteiger partial charge in [0.1, 0.15) is 17.7 Å². The molecule has 2 rings (SSSR count). The molecule has 1 atom stereocenters. The highest BCUT2D eigenvalue weighted by atomic mass is 19.4. The maximum absolute atomic E-state index is 14.3. The van der Waals surface area contributed by atoms with Crippen molar-refractivity contribution in [2.45, 2.75) is 25.1 Å². The van der Waals surface area contributed by atoms with E-state index in [4.69, 9.17) is 11.1 Å². The lowest BCUT2D eigenvalue weighted by Gasteiger charge is -2.22. The molecule has 0 saturated carbocycles. The van der Waals surface area contributed by atoms with Crippen LogP contribution in [0.3, 0.4) is 0 Å². The van der Waals surface area contributed by atoms with Gasteiger partial charge in [-0.3, -0.25) is 4.79 Å². The van der Waals surface area contributed by atoms with Crippen LogP contribution in [-0.2, 0) is 11.2 Å². The number of nitrogens with one attached hydrogen (secondary N) is 4. The largest absolute Gasteiger partial charge is 0.409 e. The number of nitrogens with two attached hydrogens (primary N) is 1. The molecule has 0 fully saturated rings. The Kier molecular flexibility index (Phi) is 8.16. The summed E-state index contributed by atoms with van der Waals surface area (Å²) < 4.78 is 67.2. The first-order valence-electron chi connectivity index (χ1n) is 9.37. The normalized spacial score (nSPS) is 12.8. The first-order valence-corrected chi connectivity index (χ1v) is 9.37. The van der Waals surface area contributed by atoms with Crippen molar-refractivity contribution in [3.8, 4) is 0 Å². The molecule has 0 radical (unpaired) electrons. The number of rotatable bonds is 9. The van der Waals surface area contributed by atoms with E-state index >= 15 is 0 Å². The summed E-state index contributed by atoms with van der Waals surface area (Å²) in [5.74, 6) is -2.11. The van der Waals surface area contributed by atoms with Gasteiger partial charge in [0.25, 0.3) is 0 Å². The fourth-order valence-electron chi connectivity index (χ4n) is 2.68. The van der Waals surface area contributed by atoms with Crippen LogP contribution in [0.5, 0.6) is 0 Å². The lowest BCUT2D eigenvalue weighted by molar-refractivity contribution is -0.148. The molecule has 32 heavy (non-hydrogen) atoms. The summed E-state index contributed by atoms with van der Waals surface area (Å²) in [5.41, 5.74) is 5.68. The second-order valence-electron chi connectivity index (χ2n) is 6.86. The van der Waals surface area contributed by atoms with Crippen molar-refractivity contribution in [2.75, 3.05) is 17.7 Å². The lowest BCUT2D eigenvalue weighted by Crippen LogP contribution is -2.39. The summed E-state index contributed by atoms with van der Waals surface area (Å²) in [6, 6.07) is 5.59. The summed E-state index contributed by atoms with van der Waals surface area (Å²) in [5, 5.41) is 14.8. The molecule has 0 spiro atoms. The second kappa shape index (κ2) is 10.6. The van der Waals surface area contributed by atoms with Gasteiger partial charge in [-0.1, -0.05) is 6.07 Å². The maximum Gasteiger partial charge on any atom is 0.409 e. The van der Waals surface area contributed by atoms with Crippen LogP contribution in [0.4, 0.5) is 33.3 Å². The molecule has 0 aliphatic carbocycles. The Morgan fingerprint density at radius 2 is 1.75 bits per heavy atom. The molecule has 1 amide bonds. The van der Waals surface area contributed by atoms with Crippen LogP contribution in [0.15, 0.2) is 54.4 Å². The number of hydrogen-bond acceptors (Lipinski definition) is 5. The van der Waals surface area contributed by atoms with E-state index in [1.165, 1.54) is 18.2 Å². The minimum Gasteiger partial charge on any atom is -0.385 e. The van der Waals surface area contributed by atoms with Gasteiger partial charge in [-0.25, -0.2) is 8.78 Å². The van der Waals surface area contributed by atoms with E-state index in [1.54, 1.807) is 7.05 Å². The van der Waals surface area contributed by atoms with Gasteiger partial charge in [-0.2, -0.15) is 13.2 Å². The van der Waals surface area contributed by atoms with E-state index in [9.17, 15) is 26.7 Å². The smallest absolute Gasteiger partial charge is 0.385 e. The van der Waals surface area contributed by atoms with E-state index in [-0.39, 0.29) is 34.9 Å². The molecule has 172 valence electrons. The SMILES string of the molecule is CN/C(N)=C\C(=N)Cc1ccc(NC(=O)CC(Nc2ccc(F)cc2)C(F)(F)F)cc1F. The van der Waals surface area contributed by atoms with Crippen molar-refractivity contribution in [1.82, 2.24) is 5.32 Å². The molecule has 0 aromatic heterocycles. The van der Waals surface area contributed by atoms with Gasteiger partial charge in [0.15, 0.2) is 0 Å². The molecular weight excluding hydrogens is 433 g/mol. The van der Waals surface area contributed by atoms with E-state index in [0.29, 0.717) is 0 Å². The highest BCUT2D eigenvalue weighted by Gasteiger charge is 2.41. The van der Waals surface area contributed by atoms with Gasteiger partial charge in [0, 0.05) is 30.6 Å². The molecule has 0 heterocycles. The van der Waals surface area contributed by atoms with Crippen LogP contribution in [0.2, 0.25) is 0 Å². The number of alkyl halides is 3. The quantitative estimate of drug-likeness (QED) is 0.292. The number of benzene rings is 2. The zero-order valence-electron chi connectivity index (χ0n) is 17.0. The van der Waals surface area contributed by atoms with Gasteiger partial charge in [0.05, 0.1) is 12.2 Å². The minimum absolute atomic E-state index is 0.00710. The fraction of sp³-hybridized carbons (Fsp3) is 0.238. The number of amides is 1. The summed E-state index contributed by atoms with van der Waals surface area (Å²) in [6.07, 6.45) is -4.49. The minimum atomic E-state index is -4.76. The third-order valence-corrected chi connectivity index (χ3v) is 4.31. The van der Waals surface area contributed by atoms with Gasteiger partial charge < -0.3 is 27.1 Å². The highest BCUT2D eigenvalue weighted by Crippen LogP contribution is 2.27. The Morgan fingerprint density at radius 3 is 2.31 bits per heavy atom. The number of allylic oxidation sites excluding steroid dienone is 1. The van der Waals surface area contributed by atoms with Gasteiger partial charge >= 0.3 is 6.18 Å². The molecule has 2 aromatic rings. The van der Waals surface area contributed by atoms with Crippen molar-refractivity contribution in [1.29, 1.82) is 5.41 Å². The van der Waals surface area contributed by atoms with Crippen molar-refractivity contribution in [3.63, 3.8) is 0 Å². The number of carbonyl (C=O) groups is 1. The third kappa shape index (κ3) is 7.56. The summed E-state index contributed by atoms with van der Waals surface area (Å²) in [6.45, 7) is 0. The number of anilines is 2. The average Bonchev–Trinajstić information content (AvgIpc) is 2.70. The summed E-state index contributed by atoms with van der Waals surface area (Å²) >= 11 is 0. The van der Waals surface area contributed by atoms with Crippen LogP contribution < -0.4 is 21.7 Å². The topological polar surface area (TPSA) is 103 Å². The van der Waals surface area contributed by atoms with Crippen molar-refractivity contribution in [3.05, 3.63) is 71.6 Å². The fourth-order valence-corrected chi connectivity index (χ4v) is 2.68. The first-order chi connectivity index (χ1) is 15.0. The van der Waals surface area contributed by atoms with Crippen molar-refractivity contribution < 1.29 is 26.7 Å². The average molecular weight is 455 g/mol. The third-order valence-electron chi connectivity index (χ3n) is 4.31. The zero-order chi connectivity index (χ0) is 23.9. The molecule has 1 unspecified atom stereocenters. The molecule has 6 nitrogen and oxygen atoms in total. The Labute approximate surface area is 181 Å². The van der Waals surface area contributed by atoms with Crippen LogP contribution >= 0.6 is 0 Å². The highest BCUT2D eigenvalue weighted by molar-refractivity contribution is 5.94. The molecule has 11 heteroatoms. The van der Waals surface area contributed by atoms with Crippen molar-refractivity contribution in [2.24, 2.45) is 5.73 Å². The monoisotopic (exact) mass is 455 g/mol. The molecule has 0 aliphatic heterocycles. The second-order valence-corrected chi connectivity index (χ2v) is 6.86. The van der Waals surface area contributed by atoms with Gasteiger partial charge in [-0.15, -0.1) is 0 Å². The summed E-state index contributed by atoms with van der Waals surface area (Å²) in [7, 11) is 1.57. The predicted molar refractivity (Wildman–Crippen MR) is 112 cm³/mol. The standard InChI is InChI=1S/C21H22F5N5O/c1-29-19(28)9-14(27)8-12-2-5-16(10-17(12)23)31-20(32)11-18(21(24,25)26)30-15-6-3-13(22)4-7-15/h2-7,9-10,18,27,29-30H,8,11,28H2,1H3,(H,31,32)/b19-9-,27-14?.